The van der Waals surface area contributed by atoms with E-state index in [-0.39, 0.29) is 0 Å². The Bertz CT molecular complexity index is 205. The summed E-state index contributed by atoms with van der Waals surface area (Å²) in [5.74, 6) is 0.931. The van der Waals surface area contributed by atoms with Crippen LogP contribution in [0.2, 0.25) is 0 Å². The Balaban J connectivity index is 2.02. The highest BCUT2D eigenvalue weighted by Crippen LogP contribution is 2.35. The fourth-order valence-electron chi connectivity index (χ4n) is 2.80. The summed E-state index contributed by atoms with van der Waals surface area (Å²) in [5.41, 5.74) is 0. The summed E-state index contributed by atoms with van der Waals surface area (Å²) < 4.78 is 0. The number of rotatable bonds is 0. The van der Waals surface area contributed by atoms with Gasteiger partial charge in [-0.25, -0.2) is 0 Å². The number of likely N-dealkylation sites (tertiary alicyclic amines) is 1. The van der Waals surface area contributed by atoms with Crippen molar-refractivity contribution in [1.82, 2.24) is 10.2 Å². The first-order valence-corrected chi connectivity index (χ1v) is 5.72. The van der Waals surface area contributed by atoms with E-state index in [0.29, 0.717) is 0 Å². The first kappa shape index (κ1) is 9.25. The minimum atomic E-state index is 0.758. The van der Waals surface area contributed by atoms with E-state index in [2.05, 4.69) is 10.2 Å². The van der Waals surface area contributed by atoms with Crippen molar-refractivity contribution in [2.24, 2.45) is 5.92 Å². The van der Waals surface area contributed by atoms with Gasteiger partial charge in [-0.2, -0.15) is 0 Å². The van der Waals surface area contributed by atoms with Gasteiger partial charge < -0.3 is 10.2 Å². The molecule has 2 nitrogen and oxygen atoms in total. The third-order valence-corrected chi connectivity index (χ3v) is 3.92. The van der Waals surface area contributed by atoms with Crippen molar-refractivity contribution >= 4 is 17.3 Å². The van der Waals surface area contributed by atoms with Gasteiger partial charge in [0, 0.05) is 19.6 Å². The average Bonchev–Trinajstić information content (AvgIpc) is 2.60. The van der Waals surface area contributed by atoms with Crippen molar-refractivity contribution in [3.05, 3.63) is 0 Å². The topological polar surface area (TPSA) is 15.3 Å². The largest absolute Gasteiger partial charge is 0.366 e. The van der Waals surface area contributed by atoms with Gasteiger partial charge in [-0.05, 0) is 37.4 Å². The number of nitrogens with one attached hydrogen (secondary N) is 1. The second-order valence-corrected chi connectivity index (χ2v) is 4.54. The lowest BCUT2D eigenvalue weighted by atomic mass is 9.85. The lowest BCUT2D eigenvalue weighted by molar-refractivity contribution is 0.253. The molecule has 1 heterocycles. The molecule has 1 aliphatic carbocycles. The predicted octanol–water partition coefficient (Wildman–Crippen LogP) is 1.76. The highest BCUT2D eigenvalue weighted by molar-refractivity contribution is 7.80. The molecule has 0 aromatic heterocycles. The predicted molar refractivity (Wildman–Crippen MR) is 58.7 cm³/mol. The highest BCUT2D eigenvalue weighted by atomic mass is 32.1. The fraction of sp³-hybridized carbons (Fsp3) is 0.900. The molecule has 1 aliphatic heterocycles. The molecule has 74 valence electrons. The molecule has 0 amide bonds. The summed E-state index contributed by atoms with van der Waals surface area (Å²) in [6.45, 7) is 1.18. The molecule has 1 saturated heterocycles. The van der Waals surface area contributed by atoms with Crippen LogP contribution in [0.3, 0.4) is 0 Å². The van der Waals surface area contributed by atoms with Crippen LogP contribution in [0.25, 0.3) is 0 Å². The molecular formula is C10H18N2S. The zero-order chi connectivity index (χ0) is 9.26. The Morgan fingerprint density at radius 3 is 2.85 bits per heavy atom. The van der Waals surface area contributed by atoms with Crippen LogP contribution in [0.1, 0.15) is 32.1 Å². The highest BCUT2D eigenvalue weighted by Gasteiger charge is 2.36. The maximum Gasteiger partial charge on any atom is 0.168 e. The SMILES string of the molecule is CNC(=S)N1CC[C@H]2CCCC[C@H]21. The number of thiocarbonyl (C=S) groups is 1. The van der Waals surface area contributed by atoms with Crippen LogP contribution in [0.5, 0.6) is 0 Å². The molecule has 0 unspecified atom stereocenters. The van der Waals surface area contributed by atoms with Gasteiger partial charge in [-0.1, -0.05) is 12.8 Å². The summed E-state index contributed by atoms with van der Waals surface area (Å²) in [7, 11) is 1.93. The van der Waals surface area contributed by atoms with Gasteiger partial charge in [0.05, 0.1) is 0 Å². The van der Waals surface area contributed by atoms with Crippen molar-refractivity contribution in [3.8, 4) is 0 Å². The summed E-state index contributed by atoms with van der Waals surface area (Å²) >= 11 is 5.30. The van der Waals surface area contributed by atoms with Crippen LogP contribution in [-0.2, 0) is 0 Å². The van der Waals surface area contributed by atoms with Gasteiger partial charge in [0.15, 0.2) is 5.11 Å². The molecule has 3 heteroatoms. The minimum Gasteiger partial charge on any atom is -0.366 e. The molecule has 0 spiro atoms. The van der Waals surface area contributed by atoms with Gasteiger partial charge in [0.1, 0.15) is 0 Å². The maximum absolute atomic E-state index is 5.30. The van der Waals surface area contributed by atoms with E-state index >= 15 is 0 Å². The van der Waals surface area contributed by atoms with E-state index in [0.717, 1.165) is 17.1 Å². The van der Waals surface area contributed by atoms with E-state index in [1.807, 2.05) is 7.05 Å². The van der Waals surface area contributed by atoms with Crippen molar-refractivity contribution in [2.45, 2.75) is 38.1 Å². The van der Waals surface area contributed by atoms with Crippen LogP contribution in [0, 0.1) is 5.92 Å². The average molecular weight is 198 g/mol. The molecule has 0 bridgehead atoms. The maximum atomic E-state index is 5.30. The number of nitrogens with zero attached hydrogens (tertiary/aromatic N) is 1. The molecule has 2 aliphatic rings. The van der Waals surface area contributed by atoms with E-state index in [9.17, 15) is 0 Å². The number of hydrogen-bond donors (Lipinski definition) is 1. The van der Waals surface area contributed by atoms with Crippen molar-refractivity contribution in [1.29, 1.82) is 0 Å². The van der Waals surface area contributed by atoms with Gasteiger partial charge >= 0.3 is 0 Å². The Labute approximate surface area is 85.7 Å². The second-order valence-electron chi connectivity index (χ2n) is 4.15. The monoisotopic (exact) mass is 198 g/mol. The van der Waals surface area contributed by atoms with E-state index < -0.39 is 0 Å². The Hall–Kier alpha value is -0.310. The molecule has 13 heavy (non-hydrogen) atoms. The Morgan fingerprint density at radius 2 is 2.08 bits per heavy atom. The molecule has 1 saturated carbocycles. The molecule has 0 aromatic rings. The minimum absolute atomic E-state index is 0.758. The molecule has 2 rings (SSSR count). The van der Waals surface area contributed by atoms with E-state index in [1.165, 1.54) is 38.6 Å². The zero-order valence-corrected chi connectivity index (χ0v) is 9.07. The van der Waals surface area contributed by atoms with E-state index in [4.69, 9.17) is 12.2 Å². The summed E-state index contributed by atoms with van der Waals surface area (Å²) in [6.07, 6.45) is 6.96. The summed E-state index contributed by atoms with van der Waals surface area (Å²) in [5, 5.41) is 4.05. The molecule has 0 aromatic carbocycles. The van der Waals surface area contributed by atoms with Crippen molar-refractivity contribution in [2.75, 3.05) is 13.6 Å². The number of hydrogen-bond acceptors (Lipinski definition) is 1. The molecular weight excluding hydrogens is 180 g/mol. The standard InChI is InChI=1S/C10H18N2S/c1-11-10(13)12-7-6-8-4-2-3-5-9(8)12/h8-9H,2-7H2,1H3,(H,11,13)/t8-,9-/m1/s1. The van der Waals surface area contributed by atoms with Crippen LogP contribution >= 0.6 is 12.2 Å². The number of fused-ring (bicyclic) bond motifs is 1. The van der Waals surface area contributed by atoms with Crippen LogP contribution in [0.4, 0.5) is 0 Å². The van der Waals surface area contributed by atoms with Gasteiger partial charge in [0.2, 0.25) is 0 Å². The van der Waals surface area contributed by atoms with E-state index in [1.54, 1.807) is 0 Å². The zero-order valence-electron chi connectivity index (χ0n) is 8.25. The van der Waals surface area contributed by atoms with Gasteiger partial charge in [0.25, 0.3) is 0 Å². The van der Waals surface area contributed by atoms with Crippen molar-refractivity contribution < 1.29 is 0 Å². The van der Waals surface area contributed by atoms with Gasteiger partial charge in [-0.3, -0.25) is 0 Å². The van der Waals surface area contributed by atoms with Crippen molar-refractivity contribution in [3.63, 3.8) is 0 Å². The fourth-order valence-corrected chi connectivity index (χ4v) is 3.03. The molecule has 0 radical (unpaired) electrons. The quantitative estimate of drug-likeness (QED) is 0.597. The molecule has 1 N–H and O–H groups in total. The molecule has 2 atom stereocenters. The lowest BCUT2D eigenvalue weighted by Crippen LogP contribution is -2.43. The normalized spacial score (nSPS) is 32.8. The van der Waals surface area contributed by atoms with Crippen LogP contribution < -0.4 is 5.32 Å². The summed E-state index contributed by atoms with van der Waals surface area (Å²) in [6, 6.07) is 0.758. The first-order chi connectivity index (χ1) is 6.33. The van der Waals surface area contributed by atoms with Gasteiger partial charge in [-0.15, -0.1) is 0 Å². The lowest BCUT2D eigenvalue weighted by Gasteiger charge is -2.32. The Kier molecular flexibility index (Phi) is 2.72. The second kappa shape index (κ2) is 3.82. The Morgan fingerprint density at radius 1 is 1.31 bits per heavy atom. The smallest absolute Gasteiger partial charge is 0.168 e. The van der Waals surface area contributed by atoms with Crippen LogP contribution in [-0.4, -0.2) is 29.6 Å². The summed E-state index contributed by atoms with van der Waals surface area (Å²) in [4.78, 5) is 2.40. The first-order valence-electron chi connectivity index (χ1n) is 5.31. The molecule has 2 fully saturated rings. The third-order valence-electron chi connectivity index (χ3n) is 3.48. The van der Waals surface area contributed by atoms with Crippen LogP contribution in [0.15, 0.2) is 0 Å². The third kappa shape index (κ3) is 1.66.